The number of aromatic nitrogens is 1. The zero-order chi connectivity index (χ0) is 22.1. The van der Waals surface area contributed by atoms with Crippen LogP contribution in [0.4, 0.5) is 0 Å². The third-order valence-electron chi connectivity index (χ3n) is 5.29. The highest BCUT2D eigenvalue weighted by Gasteiger charge is 2.40. The Hall–Kier alpha value is -4.08. The molecule has 1 aromatic carbocycles. The maximum Gasteiger partial charge on any atom is 0.256 e. The number of imide groups is 1. The first-order chi connectivity index (χ1) is 14.9. The molecule has 3 heterocycles. The van der Waals surface area contributed by atoms with E-state index in [1.54, 1.807) is 18.2 Å². The highest BCUT2D eigenvalue weighted by atomic mass is 16.5. The SMILES string of the molecule is COc1cccc(C(=N)NC(=O)c2ccc3c(c2)C(C2CCC(=O)NC2=O)NC3=O)n1. The maximum atomic E-state index is 12.7. The smallest absolute Gasteiger partial charge is 0.256 e. The van der Waals surface area contributed by atoms with Gasteiger partial charge in [-0.25, -0.2) is 4.98 Å². The number of benzene rings is 1. The van der Waals surface area contributed by atoms with Crippen molar-refractivity contribution in [3.05, 3.63) is 58.8 Å². The fourth-order valence-electron chi connectivity index (χ4n) is 3.73. The second kappa shape index (κ2) is 7.98. The van der Waals surface area contributed by atoms with Crippen molar-refractivity contribution in [1.82, 2.24) is 20.9 Å². The molecule has 10 heteroatoms. The average molecular weight is 421 g/mol. The summed E-state index contributed by atoms with van der Waals surface area (Å²) < 4.78 is 5.03. The fourth-order valence-corrected chi connectivity index (χ4v) is 3.73. The minimum atomic E-state index is -0.636. The van der Waals surface area contributed by atoms with Gasteiger partial charge >= 0.3 is 0 Å². The number of hydrogen-bond donors (Lipinski definition) is 4. The van der Waals surface area contributed by atoms with Gasteiger partial charge in [0.2, 0.25) is 17.7 Å². The summed E-state index contributed by atoms with van der Waals surface area (Å²) in [6.07, 6.45) is 0.487. The van der Waals surface area contributed by atoms with E-state index >= 15 is 0 Å². The number of methoxy groups -OCH3 is 1. The molecular formula is C21H19N5O5. The maximum absolute atomic E-state index is 12.7. The number of piperidine rings is 1. The Bertz CT molecular complexity index is 1130. The molecule has 2 aliphatic rings. The van der Waals surface area contributed by atoms with Crippen LogP contribution >= 0.6 is 0 Å². The molecule has 2 aliphatic heterocycles. The number of fused-ring (bicyclic) bond motifs is 1. The van der Waals surface area contributed by atoms with Gasteiger partial charge in [0.1, 0.15) is 5.69 Å². The molecule has 158 valence electrons. The molecule has 4 N–H and O–H groups in total. The Morgan fingerprint density at radius 1 is 1.23 bits per heavy atom. The monoisotopic (exact) mass is 421 g/mol. The molecule has 1 saturated heterocycles. The number of nitrogens with zero attached hydrogens (tertiary/aromatic N) is 1. The minimum Gasteiger partial charge on any atom is -0.481 e. The largest absolute Gasteiger partial charge is 0.481 e. The summed E-state index contributed by atoms with van der Waals surface area (Å²) in [5.74, 6) is -2.20. The quantitative estimate of drug-likeness (QED) is 0.324. The molecule has 1 fully saturated rings. The van der Waals surface area contributed by atoms with Crippen LogP contribution in [0, 0.1) is 11.3 Å². The zero-order valence-electron chi connectivity index (χ0n) is 16.5. The Morgan fingerprint density at radius 2 is 2.03 bits per heavy atom. The summed E-state index contributed by atoms with van der Waals surface area (Å²) in [5, 5.41) is 15.6. The first-order valence-electron chi connectivity index (χ1n) is 9.57. The Kier molecular flexibility index (Phi) is 5.20. The van der Waals surface area contributed by atoms with E-state index in [9.17, 15) is 19.2 Å². The van der Waals surface area contributed by atoms with Crippen molar-refractivity contribution in [3.8, 4) is 5.88 Å². The predicted octanol–water partition coefficient (Wildman–Crippen LogP) is 0.683. The van der Waals surface area contributed by atoms with Crippen molar-refractivity contribution in [2.75, 3.05) is 7.11 Å². The topological polar surface area (TPSA) is 150 Å². The molecular weight excluding hydrogens is 402 g/mol. The van der Waals surface area contributed by atoms with E-state index in [0.717, 1.165) is 0 Å². The van der Waals surface area contributed by atoms with Crippen molar-refractivity contribution >= 4 is 29.5 Å². The van der Waals surface area contributed by atoms with Gasteiger partial charge in [-0.15, -0.1) is 0 Å². The molecule has 31 heavy (non-hydrogen) atoms. The third kappa shape index (κ3) is 3.87. The molecule has 1 aromatic heterocycles. The fraction of sp³-hybridized carbons (Fsp3) is 0.238. The number of carbonyl (C=O) groups excluding carboxylic acids is 4. The van der Waals surface area contributed by atoms with Crippen molar-refractivity contribution in [2.45, 2.75) is 18.9 Å². The average Bonchev–Trinajstić information content (AvgIpc) is 3.09. The first kappa shape index (κ1) is 20.2. The molecule has 4 amide bonds. The van der Waals surface area contributed by atoms with E-state index in [2.05, 4.69) is 20.9 Å². The van der Waals surface area contributed by atoms with E-state index in [1.165, 1.54) is 25.3 Å². The van der Waals surface area contributed by atoms with Gasteiger partial charge in [0.25, 0.3) is 11.8 Å². The number of nitrogens with one attached hydrogen (secondary N) is 4. The van der Waals surface area contributed by atoms with Crippen LogP contribution in [0.1, 0.15) is 50.9 Å². The highest BCUT2D eigenvalue weighted by molar-refractivity contribution is 6.11. The van der Waals surface area contributed by atoms with Gasteiger partial charge in [0, 0.05) is 23.6 Å². The summed E-state index contributed by atoms with van der Waals surface area (Å²) in [6, 6.07) is 8.73. The van der Waals surface area contributed by atoms with Crippen LogP contribution in [0.2, 0.25) is 0 Å². The second-order valence-electron chi connectivity index (χ2n) is 7.21. The molecule has 10 nitrogen and oxygen atoms in total. The van der Waals surface area contributed by atoms with Crippen LogP contribution in [0.25, 0.3) is 0 Å². The van der Waals surface area contributed by atoms with E-state index < -0.39 is 23.8 Å². The van der Waals surface area contributed by atoms with Crippen LogP contribution in [-0.4, -0.2) is 41.6 Å². The van der Waals surface area contributed by atoms with E-state index in [4.69, 9.17) is 10.1 Å². The molecule has 0 aliphatic carbocycles. The molecule has 4 rings (SSSR count). The summed E-state index contributed by atoms with van der Waals surface area (Å²) >= 11 is 0. The second-order valence-corrected chi connectivity index (χ2v) is 7.21. The predicted molar refractivity (Wildman–Crippen MR) is 108 cm³/mol. The molecule has 0 spiro atoms. The number of carbonyl (C=O) groups is 4. The highest BCUT2D eigenvalue weighted by Crippen LogP contribution is 2.35. The molecule has 2 atom stereocenters. The van der Waals surface area contributed by atoms with Gasteiger partial charge in [-0.3, -0.25) is 29.9 Å². The molecule has 2 aromatic rings. The van der Waals surface area contributed by atoms with Gasteiger partial charge in [-0.2, -0.15) is 0 Å². The summed E-state index contributed by atoms with van der Waals surface area (Å²) in [6.45, 7) is 0. The Morgan fingerprint density at radius 3 is 2.77 bits per heavy atom. The van der Waals surface area contributed by atoms with Gasteiger partial charge in [-0.05, 0) is 36.2 Å². The number of hydrogen-bond acceptors (Lipinski definition) is 7. The van der Waals surface area contributed by atoms with Crippen molar-refractivity contribution in [1.29, 1.82) is 5.41 Å². The van der Waals surface area contributed by atoms with Crippen molar-refractivity contribution < 1.29 is 23.9 Å². The van der Waals surface area contributed by atoms with Gasteiger partial charge < -0.3 is 15.4 Å². The third-order valence-corrected chi connectivity index (χ3v) is 5.29. The standard InChI is InChI=1S/C21H19N5O5/c1-31-16-4-2-3-14(23-16)18(22)26-19(28)10-5-6-11-13(9-10)17(25-20(11)29)12-7-8-15(27)24-21(12)30/h2-6,9,12,17H,7-8H2,1H3,(H,25,29)(H2,22,26,28)(H,24,27,30). The summed E-state index contributed by atoms with van der Waals surface area (Å²) in [4.78, 5) is 52.9. The molecule has 2 unspecified atom stereocenters. The Balaban J connectivity index is 1.56. The summed E-state index contributed by atoms with van der Waals surface area (Å²) in [7, 11) is 1.45. The lowest BCUT2D eigenvalue weighted by Crippen LogP contribution is -2.45. The normalized spacial score (nSPS) is 19.8. The van der Waals surface area contributed by atoms with Gasteiger partial charge in [0.15, 0.2) is 5.84 Å². The van der Waals surface area contributed by atoms with Crippen molar-refractivity contribution in [3.63, 3.8) is 0 Å². The van der Waals surface area contributed by atoms with Crippen LogP contribution in [0.3, 0.4) is 0 Å². The Labute approximate surface area is 176 Å². The number of rotatable bonds is 4. The van der Waals surface area contributed by atoms with Crippen LogP contribution in [-0.2, 0) is 9.59 Å². The van der Waals surface area contributed by atoms with Crippen LogP contribution < -0.4 is 20.7 Å². The van der Waals surface area contributed by atoms with Crippen LogP contribution in [0.15, 0.2) is 36.4 Å². The number of amidine groups is 1. The minimum absolute atomic E-state index is 0.184. The van der Waals surface area contributed by atoms with Gasteiger partial charge in [-0.1, -0.05) is 6.07 Å². The molecule has 0 saturated carbocycles. The lowest BCUT2D eigenvalue weighted by Gasteiger charge is -2.26. The lowest BCUT2D eigenvalue weighted by atomic mass is 9.86. The zero-order valence-corrected chi connectivity index (χ0v) is 16.5. The number of pyridine rings is 1. The molecule has 0 radical (unpaired) electrons. The molecule has 0 bridgehead atoms. The van der Waals surface area contributed by atoms with Gasteiger partial charge in [0.05, 0.1) is 19.1 Å². The lowest BCUT2D eigenvalue weighted by molar-refractivity contribution is -0.137. The van der Waals surface area contributed by atoms with Crippen molar-refractivity contribution in [2.24, 2.45) is 5.92 Å². The van der Waals surface area contributed by atoms with E-state index in [-0.39, 0.29) is 35.3 Å². The van der Waals surface area contributed by atoms with E-state index in [1.807, 2.05) is 0 Å². The van der Waals surface area contributed by atoms with Crippen LogP contribution in [0.5, 0.6) is 5.88 Å². The number of ether oxygens (including phenoxy) is 1. The first-order valence-corrected chi connectivity index (χ1v) is 9.57. The summed E-state index contributed by atoms with van der Waals surface area (Å²) in [5.41, 5.74) is 1.33. The number of amides is 4. The van der Waals surface area contributed by atoms with E-state index in [0.29, 0.717) is 23.4 Å².